The van der Waals surface area contributed by atoms with E-state index in [4.69, 9.17) is 0 Å². The van der Waals surface area contributed by atoms with Gasteiger partial charge in [-0.2, -0.15) is 8.78 Å². The molecule has 0 aliphatic heterocycles. The quantitative estimate of drug-likeness (QED) is 0.732. The van der Waals surface area contributed by atoms with Gasteiger partial charge in [0.2, 0.25) is 0 Å². The fraction of sp³-hybridized carbons (Fsp3) is 0.222. The summed E-state index contributed by atoms with van der Waals surface area (Å²) in [6, 6.07) is 3.32. The lowest BCUT2D eigenvalue weighted by molar-refractivity contribution is -0.0523. The highest BCUT2D eigenvalue weighted by Crippen LogP contribution is 2.22. The third kappa shape index (κ3) is 2.61. The van der Waals surface area contributed by atoms with E-state index < -0.39 is 29.7 Å². The van der Waals surface area contributed by atoms with Crippen LogP contribution in [-0.2, 0) is 4.74 Å². The topological polar surface area (TPSA) is 35.5 Å². The molecular formula is C9H7F3O3. The van der Waals surface area contributed by atoms with Crippen LogP contribution in [0, 0.1) is 5.82 Å². The lowest BCUT2D eigenvalue weighted by Gasteiger charge is -2.07. The van der Waals surface area contributed by atoms with Gasteiger partial charge in [0.1, 0.15) is 0 Å². The van der Waals surface area contributed by atoms with Crippen molar-refractivity contribution in [2.24, 2.45) is 0 Å². The summed E-state index contributed by atoms with van der Waals surface area (Å²) < 4.78 is 45.1. The Bertz CT molecular complexity index is 366. The number of alkyl halides is 2. The Balaban J connectivity index is 3.05. The van der Waals surface area contributed by atoms with Gasteiger partial charge in [-0.1, -0.05) is 6.07 Å². The molecule has 0 unspecified atom stereocenters. The van der Waals surface area contributed by atoms with Crippen molar-refractivity contribution in [2.75, 3.05) is 7.11 Å². The second kappa shape index (κ2) is 4.68. The smallest absolute Gasteiger partial charge is 0.387 e. The third-order valence-electron chi connectivity index (χ3n) is 1.58. The van der Waals surface area contributed by atoms with E-state index >= 15 is 0 Å². The van der Waals surface area contributed by atoms with Gasteiger partial charge in [0, 0.05) is 0 Å². The summed E-state index contributed by atoms with van der Waals surface area (Å²) in [4.78, 5) is 11.0. The van der Waals surface area contributed by atoms with E-state index in [1.807, 2.05) is 0 Å². The first kappa shape index (κ1) is 11.4. The van der Waals surface area contributed by atoms with E-state index in [0.29, 0.717) is 0 Å². The van der Waals surface area contributed by atoms with Crippen LogP contribution < -0.4 is 4.74 Å². The van der Waals surface area contributed by atoms with Crippen molar-refractivity contribution < 1.29 is 27.4 Å². The summed E-state index contributed by atoms with van der Waals surface area (Å²) in [5, 5.41) is 0. The van der Waals surface area contributed by atoms with Crippen LogP contribution in [0.5, 0.6) is 5.75 Å². The van der Waals surface area contributed by atoms with E-state index in [-0.39, 0.29) is 0 Å². The first-order chi connectivity index (χ1) is 7.06. The van der Waals surface area contributed by atoms with Gasteiger partial charge in [-0.05, 0) is 12.1 Å². The Morgan fingerprint density at radius 1 is 1.40 bits per heavy atom. The maximum Gasteiger partial charge on any atom is 0.387 e. The maximum absolute atomic E-state index is 13.3. The Kier molecular flexibility index (Phi) is 3.54. The molecule has 1 aromatic carbocycles. The highest BCUT2D eigenvalue weighted by molar-refractivity contribution is 5.90. The molecule has 0 amide bonds. The Morgan fingerprint density at radius 2 is 2.07 bits per heavy atom. The zero-order chi connectivity index (χ0) is 11.4. The molecule has 0 aliphatic rings. The van der Waals surface area contributed by atoms with Crippen LogP contribution in [0.3, 0.4) is 0 Å². The van der Waals surface area contributed by atoms with Crippen molar-refractivity contribution in [1.82, 2.24) is 0 Å². The molecule has 3 nitrogen and oxygen atoms in total. The van der Waals surface area contributed by atoms with E-state index in [2.05, 4.69) is 9.47 Å². The van der Waals surface area contributed by atoms with Gasteiger partial charge in [-0.15, -0.1) is 0 Å². The summed E-state index contributed by atoms with van der Waals surface area (Å²) in [7, 11) is 1.06. The van der Waals surface area contributed by atoms with E-state index in [1.54, 1.807) is 0 Å². The standard InChI is InChI=1S/C9H7F3O3/c1-14-8(13)5-3-2-4-6(7(5)10)15-9(11)12/h2-4,9H,1H3. The van der Waals surface area contributed by atoms with Crippen LogP contribution in [0.2, 0.25) is 0 Å². The van der Waals surface area contributed by atoms with E-state index in [1.165, 1.54) is 6.07 Å². The second-order valence-electron chi connectivity index (χ2n) is 2.49. The summed E-state index contributed by atoms with van der Waals surface area (Å²) in [5.74, 6) is -2.80. The van der Waals surface area contributed by atoms with Crippen LogP contribution in [0.25, 0.3) is 0 Å². The molecule has 15 heavy (non-hydrogen) atoms. The molecule has 0 radical (unpaired) electrons. The molecule has 0 saturated heterocycles. The van der Waals surface area contributed by atoms with Crippen molar-refractivity contribution in [3.63, 3.8) is 0 Å². The molecule has 0 saturated carbocycles. The predicted octanol–water partition coefficient (Wildman–Crippen LogP) is 2.21. The van der Waals surface area contributed by atoms with E-state index in [9.17, 15) is 18.0 Å². The van der Waals surface area contributed by atoms with Crippen molar-refractivity contribution in [2.45, 2.75) is 6.61 Å². The molecule has 82 valence electrons. The number of benzene rings is 1. The minimum Gasteiger partial charge on any atom is -0.465 e. The lowest BCUT2D eigenvalue weighted by atomic mass is 10.2. The van der Waals surface area contributed by atoms with Crippen molar-refractivity contribution in [3.05, 3.63) is 29.6 Å². The first-order valence-electron chi connectivity index (χ1n) is 3.88. The number of rotatable bonds is 3. The molecule has 0 aromatic heterocycles. The largest absolute Gasteiger partial charge is 0.465 e. The normalized spacial score (nSPS) is 10.2. The number of hydrogen-bond donors (Lipinski definition) is 0. The monoisotopic (exact) mass is 220 g/mol. The minimum atomic E-state index is -3.15. The number of carbonyl (C=O) groups excluding carboxylic acids is 1. The van der Waals surface area contributed by atoms with Gasteiger partial charge < -0.3 is 9.47 Å². The molecule has 0 atom stereocenters. The first-order valence-corrected chi connectivity index (χ1v) is 3.88. The predicted molar refractivity (Wildman–Crippen MR) is 44.4 cm³/mol. The van der Waals surface area contributed by atoms with Gasteiger partial charge in [-0.3, -0.25) is 0 Å². The molecular weight excluding hydrogens is 213 g/mol. The third-order valence-corrected chi connectivity index (χ3v) is 1.58. The van der Waals surface area contributed by atoms with Crippen molar-refractivity contribution in [3.8, 4) is 5.75 Å². The number of esters is 1. The number of ether oxygens (including phenoxy) is 2. The average molecular weight is 220 g/mol. The molecule has 1 aromatic rings. The number of halogens is 3. The minimum absolute atomic E-state index is 0.448. The Morgan fingerprint density at radius 3 is 2.60 bits per heavy atom. The van der Waals surface area contributed by atoms with Gasteiger partial charge in [0.15, 0.2) is 11.6 Å². The molecule has 1 rings (SSSR count). The number of hydrogen-bond acceptors (Lipinski definition) is 3. The lowest BCUT2D eigenvalue weighted by Crippen LogP contribution is -2.08. The van der Waals surface area contributed by atoms with Crippen molar-refractivity contribution >= 4 is 5.97 Å². The SMILES string of the molecule is COC(=O)c1cccc(OC(F)F)c1F. The fourth-order valence-corrected chi connectivity index (χ4v) is 0.965. The number of carbonyl (C=O) groups is 1. The Hall–Kier alpha value is -1.72. The molecule has 0 spiro atoms. The van der Waals surface area contributed by atoms with Crippen LogP contribution in [-0.4, -0.2) is 19.7 Å². The van der Waals surface area contributed by atoms with Gasteiger partial charge in [0.05, 0.1) is 12.7 Å². The maximum atomic E-state index is 13.3. The van der Waals surface area contributed by atoms with Gasteiger partial charge in [-0.25, -0.2) is 9.18 Å². The fourth-order valence-electron chi connectivity index (χ4n) is 0.965. The van der Waals surface area contributed by atoms with E-state index in [0.717, 1.165) is 19.2 Å². The molecule has 0 N–H and O–H groups in total. The van der Waals surface area contributed by atoms with Gasteiger partial charge in [0.25, 0.3) is 0 Å². The molecule has 0 aliphatic carbocycles. The molecule has 0 bridgehead atoms. The summed E-state index contributed by atoms with van der Waals surface area (Å²) in [6.07, 6.45) is 0. The second-order valence-corrected chi connectivity index (χ2v) is 2.49. The van der Waals surface area contributed by atoms with Crippen LogP contribution in [0.4, 0.5) is 13.2 Å². The zero-order valence-electron chi connectivity index (χ0n) is 7.67. The molecule has 0 heterocycles. The molecule has 6 heteroatoms. The summed E-state index contributed by atoms with van der Waals surface area (Å²) in [5.41, 5.74) is -0.448. The van der Waals surface area contributed by atoms with Crippen molar-refractivity contribution in [1.29, 1.82) is 0 Å². The van der Waals surface area contributed by atoms with Crippen LogP contribution in [0.15, 0.2) is 18.2 Å². The summed E-state index contributed by atoms with van der Waals surface area (Å²) in [6.45, 7) is -3.15. The van der Waals surface area contributed by atoms with Gasteiger partial charge >= 0.3 is 12.6 Å². The van der Waals surface area contributed by atoms with Crippen LogP contribution >= 0.6 is 0 Å². The Labute approximate surface area is 83.4 Å². The summed E-state index contributed by atoms with van der Waals surface area (Å²) >= 11 is 0. The number of methoxy groups -OCH3 is 1. The average Bonchev–Trinajstić information content (AvgIpc) is 2.19. The molecule has 0 fully saturated rings. The zero-order valence-corrected chi connectivity index (χ0v) is 7.67. The highest BCUT2D eigenvalue weighted by Gasteiger charge is 2.18. The van der Waals surface area contributed by atoms with Crippen LogP contribution in [0.1, 0.15) is 10.4 Å². The highest BCUT2D eigenvalue weighted by atomic mass is 19.3.